The molecule has 0 bridgehead atoms. The van der Waals surface area contributed by atoms with Gasteiger partial charge in [0.25, 0.3) is 0 Å². The first-order valence-electron chi connectivity index (χ1n) is 8.15. The zero-order valence-electron chi connectivity index (χ0n) is 11.1. The van der Waals surface area contributed by atoms with Gasteiger partial charge in [-0.25, -0.2) is 0 Å². The van der Waals surface area contributed by atoms with E-state index < -0.39 is 0 Å². The van der Waals surface area contributed by atoms with E-state index in [0.29, 0.717) is 0 Å². The first-order valence-corrected chi connectivity index (χ1v) is 8.15. The number of rotatable bonds is 0. The van der Waals surface area contributed by atoms with Crippen LogP contribution in [0.1, 0.15) is 70.6 Å². The minimum Gasteiger partial charge on any atom is -0.0676 e. The molecule has 4 atom stereocenters. The fraction of sp³-hybridized carbons (Fsp3) is 0.882. The smallest absolute Gasteiger partial charge is 0.0169 e. The third kappa shape index (κ3) is 1.63. The second-order valence-corrected chi connectivity index (χ2v) is 7.07. The van der Waals surface area contributed by atoms with E-state index in [9.17, 15) is 0 Å². The van der Waals surface area contributed by atoms with Crippen molar-refractivity contribution < 1.29 is 0 Å². The molecule has 0 nitrogen and oxygen atoms in total. The lowest BCUT2D eigenvalue weighted by Gasteiger charge is -2.44. The summed E-state index contributed by atoms with van der Waals surface area (Å²) >= 11 is 0. The van der Waals surface area contributed by atoms with Crippen LogP contribution in [0.15, 0.2) is 11.1 Å². The highest BCUT2D eigenvalue weighted by molar-refractivity contribution is 5.27. The molecule has 0 aromatic rings. The summed E-state index contributed by atoms with van der Waals surface area (Å²) in [6.07, 6.45) is 16.8. The van der Waals surface area contributed by atoms with Crippen molar-refractivity contribution in [3.8, 4) is 0 Å². The van der Waals surface area contributed by atoms with Crippen LogP contribution >= 0.6 is 0 Å². The first-order chi connectivity index (χ1) is 8.43. The first kappa shape index (κ1) is 10.6. The molecule has 0 spiro atoms. The molecule has 0 N–H and O–H groups in total. The Bertz CT molecular complexity index is 338. The van der Waals surface area contributed by atoms with Gasteiger partial charge in [-0.05, 0) is 75.0 Å². The summed E-state index contributed by atoms with van der Waals surface area (Å²) in [5.74, 6) is 4.34. The number of fused-ring (bicyclic) bond motifs is 4. The van der Waals surface area contributed by atoms with Crippen molar-refractivity contribution in [2.75, 3.05) is 0 Å². The second kappa shape index (κ2) is 4.14. The zero-order valence-corrected chi connectivity index (χ0v) is 11.1. The van der Waals surface area contributed by atoms with Crippen LogP contribution in [0.2, 0.25) is 0 Å². The summed E-state index contributed by atoms with van der Waals surface area (Å²) < 4.78 is 0. The minimum atomic E-state index is 1.04. The number of allylic oxidation sites excluding steroid dienone is 2. The van der Waals surface area contributed by atoms with E-state index in [1.807, 2.05) is 11.1 Å². The van der Waals surface area contributed by atoms with Gasteiger partial charge in [-0.1, -0.05) is 30.4 Å². The Labute approximate surface area is 106 Å². The van der Waals surface area contributed by atoms with Gasteiger partial charge >= 0.3 is 0 Å². The Hall–Kier alpha value is -0.260. The quantitative estimate of drug-likeness (QED) is 0.508. The third-order valence-corrected chi connectivity index (χ3v) is 6.45. The van der Waals surface area contributed by atoms with Gasteiger partial charge in [0.1, 0.15) is 0 Å². The molecular weight excluding hydrogens is 204 g/mol. The fourth-order valence-corrected chi connectivity index (χ4v) is 5.73. The van der Waals surface area contributed by atoms with Crippen molar-refractivity contribution in [3.05, 3.63) is 11.1 Å². The maximum absolute atomic E-state index is 2.00. The molecule has 3 saturated carbocycles. The molecule has 3 fully saturated rings. The van der Waals surface area contributed by atoms with Crippen molar-refractivity contribution in [2.24, 2.45) is 23.7 Å². The van der Waals surface area contributed by atoms with Gasteiger partial charge in [-0.3, -0.25) is 0 Å². The van der Waals surface area contributed by atoms with Gasteiger partial charge in [-0.15, -0.1) is 0 Å². The van der Waals surface area contributed by atoms with Crippen LogP contribution in [-0.2, 0) is 0 Å². The van der Waals surface area contributed by atoms with Gasteiger partial charge in [0.15, 0.2) is 0 Å². The fourth-order valence-electron chi connectivity index (χ4n) is 5.73. The maximum Gasteiger partial charge on any atom is -0.0169 e. The highest BCUT2D eigenvalue weighted by atomic mass is 14.5. The van der Waals surface area contributed by atoms with E-state index in [0.717, 1.165) is 23.7 Å². The monoisotopic (exact) mass is 230 g/mol. The molecule has 4 aliphatic rings. The average molecular weight is 230 g/mol. The molecule has 17 heavy (non-hydrogen) atoms. The summed E-state index contributed by atoms with van der Waals surface area (Å²) in [6.45, 7) is 0. The zero-order chi connectivity index (χ0) is 11.2. The predicted molar refractivity (Wildman–Crippen MR) is 71.8 cm³/mol. The molecule has 4 unspecified atom stereocenters. The molecule has 94 valence electrons. The standard InChI is InChI=1S/C17H26/c1-2-6-14-12(4-1)8-10-17-15-7-3-5-13(15)9-11-16(14)17/h12-13,15,17H,1-11H2. The molecular formula is C17H26. The van der Waals surface area contributed by atoms with Crippen molar-refractivity contribution in [3.63, 3.8) is 0 Å². The van der Waals surface area contributed by atoms with Crippen molar-refractivity contribution >= 4 is 0 Å². The molecule has 4 aliphatic carbocycles. The minimum absolute atomic E-state index is 1.04. The average Bonchev–Trinajstić information content (AvgIpc) is 2.86. The van der Waals surface area contributed by atoms with Gasteiger partial charge in [0.05, 0.1) is 0 Å². The Kier molecular flexibility index (Phi) is 2.59. The van der Waals surface area contributed by atoms with Gasteiger partial charge < -0.3 is 0 Å². The third-order valence-electron chi connectivity index (χ3n) is 6.45. The molecule has 0 aliphatic heterocycles. The van der Waals surface area contributed by atoms with Crippen molar-refractivity contribution in [1.82, 2.24) is 0 Å². The van der Waals surface area contributed by atoms with Crippen LogP contribution in [-0.4, -0.2) is 0 Å². The highest BCUT2D eigenvalue weighted by Crippen LogP contribution is 2.55. The van der Waals surface area contributed by atoms with E-state index in [2.05, 4.69) is 0 Å². The largest absolute Gasteiger partial charge is 0.0676 e. The Morgan fingerprint density at radius 3 is 2.65 bits per heavy atom. The van der Waals surface area contributed by atoms with E-state index >= 15 is 0 Å². The summed E-state index contributed by atoms with van der Waals surface area (Å²) in [4.78, 5) is 0. The van der Waals surface area contributed by atoms with Gasteiger partial charge in [-0.2, -0.15) is 0 Å². The summed E-state index contributed by atoms with van der Waals surface area (Å²) in [5.41, 5.74) is 3.99. The molecule has 0 amide bonds. The SMILES string of the molecule is C1CCC2CCC3C(=C2C1)CCC1CCCC13. The van der Waals surface area contributed by atoms with Crippen molar-refractivity contribution in [2.45, 2.75) is 70.6 Å². The van der Waals surface area contributed by atoms with Crippen molar-refractivity contribution in [1.29, 1.82) is 0 Å². The number of hydrogen-bond acceptors (Lipinski definition) is 0. The predicted octanol–water partition coefficient (Wildman–Crippen LogP) is 5.09. The van der Waals surface area contributed by atoms with E-state index in [1.165, 1.54) is 38.5 Å². The van der Waals surface area contributed by atoms with Crippen LogP contribution in [0, 0.1) is 23.7 Å². The molecule has 0 aromatic heterocycles. The highest BCUT2D eigenvalue weighted by Gasteiger charge is 2.42. The summed E-state index contributed by atoms with van der Waals surface area (Å²) in [7, 11) is 0. The molecule has 0 radical (unpaired) electrons. The van der Waals surface area contributed by atoms with Gasteiger partial charge in [0.2, 0.25) is 0 Å². The molecule has 0 aromatic carbocycles. The van der Waals surface area contributed by atoms with E-state index in [-0.39, 0.29) is 0 Å². The van der Waals surface area contributed by atoms with Crippen LogP contribution in [0.5, 0.6) is 0 Å². The van der Waals surface area contributed by atoms with Gasteiger partial charge in [0, 0.05) is 0 Å². The maximum atomic E-state index is 2.00. The Morgan fingerprint density at radius 2 is 1.65 bits per heavy atom. The van der Waals surface area contributed by atoms with Crippen LogP contribution in [0.3, 0.4) is 0 Å². The molecule has 0 heteroatoms. The van der Waals surface area contributed by atoms with Crippen LogP contribution < -0.4 is 0 Å². The lowest BCUT2D eigenvalue weighted by atomic mass is 9.61. The normalized spacial score (nSPS) is 45.2. The van der Waals surface area contributed by atoms with E-state index in [1.54, 1.807) is 32.1 Å². The Morgan fingerprint density at radius 1 is 0.647 bits per heavy atom. The summed E-state index contributed by atoms with van der Waals surface area (Å²) in [5, 5.41) is 0. The summed E-state index contributed by atoms with van der Waals surface area (Å²) in [6, 6.07) is 0. The van der Waals surface area contributed by atoms with Crippen LogP contribution in [0.25, 0.3) is 0 Å². The molecule has 0 heterocycles. The molecule has 4 rings (SSSR count). The topological polar surface area (TPSA) is 0 Å². The molecule has 0 saturated heterocycles. The second-order valence-electron chi connectivity index (χ2n) is 7.07. The lowest BCUT2D eigenvalue weighted by Crippen LogP contribution is -2.32. The Balaban J connectivity index is 1.68. The van der Waals surface area contributed by atoms with E-state index in [4.69, 9.17) is 0 Å². The van der Waals surface area contributed by atoms with Crippen LogP contribution in [0.4, 0.5) is 0 Å². The lowest BCUT2D eigenvalue weighted by molar-refractivity contribution is 0.193. The number of hydrogen-bond donors (Lipinski definition) is 0.